The first-order chi connectivity index (χ1) is 9.95. The van der Waals surface area contributed by atoms with Crippen molar-refractivity contribution in [2.24, 2.45) is 0 Å². The largest absolute Gasteiger partial charge is 0.418 e. The van der Waals surface area contributed by atoms with Crippen molar-refractivity contribution in [3.63, 3.8) is 0 Å². The molecule has 0 saturated heterocycles. The number of hydrogen-bond acceptors (Lipinski definition) is 3. The molecule has 0 fully saturated rings. The Hall–Kier alpha value is -1.53. The maximum absolute atomic E-state index is 13.2. The minimum atomic E-state index is -4.43. The van der Waals surface area contributed by atoms with E-state index in [9.17, 15) is 13.2 Å². The highest BCUT2D eigenvalue weighted by Crippen LogP contribution is 2.38. The van der Waals surface area contributed by atoms with Crippen LogP contribution in [0.4, 0.5) is 18.9 Å². The highest BCUT2D eigenvalue weighted by atomic mass is 19.4. The van der Waals surface area contributed by atoms with Gasteiger partial charge in [0.15, 0.2) is 0 Å². The van der Waals surface area contributed by atoms with Gasteiger partial charge >= 0.3 is 6.18 Å². The van der Waals surface area contributed by atoms with Gasteiger partial charge in [0, 0.05) is 25.9 Å². The zero-order chi connectivity index (χ0) is 15.5. The Bertz CT molecular complexity index is 526. The fraction of sp³-hybridized carbons (Fsp3) is 0.467. The molecule has 21 heavy (non-hydrogen) atoms. The third kappa shape index (κ3) is 3.77. The van der Waals surface area contributed by atoms with E-state index < -0.39 is 18.3 Å². The van der Waals surface area contributed by atoms with Crippen molar-refractivity contribution in [2.45, 2.75) is 19.2 Å². The van der Waals surface area contributed by atoms with Gasteiger partial charge in [-0.1, -0.05) is 12.1 Å². The smallest absolute Gasteiger partial charge is 0.392 e. The van der Waals surface area contributed by atoms with E-state index in [0.29, 0.717) is 26.1 Å². The zero-order valence-corrected chi connectivity index (χ0v) is 11.8. The van der Waals surface area contributed by atoms with Crippen LogP contribution in [0.5, 0.6) is 0 Å². The van der Waals surface area contributed by atoms with Gasteiger partial charge in [0.05, 0.1) is 18.8 Å². The van der Waals surface area contributed by atoms with Crippen molar-refractivity contribution < 1.29 is 23.0 Å². The summed E-state index contributed by atoms with van der Waals surface area (Å²) >= 11 is 0. The molecule has 6 heteroatoms. The fourth-order valence-electron chi connectivity index (χ4n) is 2.43. The van der Waals surface area contributed by atoms with Crippen LogP contribution in [0, 0.1) is 0 Å². The molecule has 1 aromatic carbocycles. The summed E-state index contributed by atoms with van der Waals surface area (Å²) in [4.78, 5) is 1.70. The molecular formula is C15H18F3NO2. The number of methoxy groups -OCH3 is 1. The summed E-state index contributed by atoms with van der Waals surface area (Å²) in [5.41, 5.74) is 0.832. The van der Waals surface area contributed by atoms with Crippen LogP contribution in [0.25, 0.3) is 0 Å². The topological polar surface area (TPSA) is 32.7 Å². The number of hydrogen-bond donors (Lipinski definition) is 1. The number of nitrogens with zero attached hydrogens (tertiary/aromatic N) is 1. The van der Waals surface area contributed by atoms with E-state index in [4.69, 9.17) is 9.84 Å². The van der Waals surface area contributed by atoms with Crippen molar-refractivity contribution in [2.75, 3.05) is 31.7 Å². The maximum atomic E-state index is 13.2. The molecule has 1 aliphatic heterocycles. The fourth-order valence-corrected chi connectivity index (χ4v) is 2.43. The minimum Gasteiger partial charge on any atom is -0.392 e. The molecule has 0 saturated carbocycles. The molecule has 0 aromatic heterocycles. The number of aliphatic hydroxyl groups is 1. The Morgan fingerprint density at radius 1 is 1.33 bits per heavy atom. The number of aliphatic hydroxyl groups excluding tert-OH is 1. The van der Waals surface area contributed by atoms with E-state index in [1.54, 1.807) is 12.0 Å². The van der Waals surface area contributed by atoms with Gasteiger partial charge in [-0.25, -0.2) is 0 Å². The molecule has 0 bridgehead atoms. The molecule has 0 spiro atoms. The standard InChI is InChI=1S/C15H18F3NO2/c1-21-10-11-4-6-19(7-5-11)14-3-2-12(9-20)8-13(14)15(16,17)18/h2-4,8,20H,5-7,9-10H2,1H3. The van der Waals surface area contributed by atoms with Gasteiger partial charge in [0.2, 0.25) is 0 Å². The lowest BCUT2D eigenvalue weighted by atomic mass is 10.0. The quantitative estimate of drug-likeness (QED) is 0.868. The van der Waals surface area contributed by atoms with Gasteiger partial charge in [-0.05, 0) is 29.7 Å². The highest BCUT2D eigenvalue weighted by molar-refractivity contribution is 5.57. The lowest BCUT2D eigenvalue weighted by Gasteiger charge is -2.30. The summed E-state index contributed by atoms with van der Waals surface area (Å²) in [7, 11) is 1.60. The lowest BCUT2D eigenvalue weighted by molar-refractivity contribution is -0.137. The van der Waals surface area contributed by atoms with Crippen molar-refractivity contribution >= 4 is 5.69 Å². The third-order valence-electron chi connectivity index (χ3n) is 3.52. The Balaban J connectivity index is 2.28. The van der Waals surface area contributed by atoms with Gasteiger partial charge in [0.1, 0.15) is 0 Å². The summed E-state index contributed by atoms with van der Waals surface area (Å²) in [5, 5.41) is 9.02. The first kappa shape index (κ1) is 15.9. The summed E-state index contributed by atoms with van der Waals surface area (Å²) in [6, 6.07) is 3.98. The molecule has 2 rings (SSSR count). The van der Waals surface area contributed by atoms with Gasteiger partial charge < -0.3 is 14.7 Å². The molecule has 1 aromatic rings. The van der Waals surface area contributed by atoms with E-state index >= 15 is 0 Å². The van der Waals surface area contributed by atoms with Crippen LogP contribution in [0.1, 0.15) is 17.5 Å². The first-order valence-corrected chi connectivity index (χ1v) is 6.68. The number of alkyl halides is 3. The van der Waals surface area contributed by atoms with Gasteiger partial charge in [-0.15, -0.1) is 0 Å². The van der Waals surface area contributed by atoms with Crippen LogP contribution in [0.2, 0.25) is 0 Å². The number of anilines is 1. The average Bonchev–Trinajstić information content (AvgIpc) is 2.47. The van der Waals surface area contributed by atoms with E-state index in [0.717, 1.165) is 11.6 Å². The zero-order valence-electron chi connectivity index (χ0n) is 11.8. The molecule has 116 valence electrons. The second kappa shape index (κ2) is 6.49. The van der Waals surface area contributed by atoms with Crippen molar-refractivity contribution in [1.29, 1.82) is 0 Å². The van der Waals surface area contributed by atoms with Gasteiger partial charge in [-0.2, -0.15) is 13.2 Å². The Labute approximate surface area is 121 Å². The molecule has 3 nitrogen and oxygen atoms in total. The van der Waals surface area contributed by atoms with Crippen LogP contribution in [0.15, 0.2) is 29.8 Å². The summed E-state index contributed by atoms with van der Waals surface area (Å²) in [6.07, 6.45) is -1.84. The van der Waals surface area contributed by atoms with E-state index in [-0.39, 0.29) is 11.3 Å². The molecule has 0 radical (unpaired) electrons. The predicted molar refractivity (Wildman–Crippen MR) is 74.2 cm³/mol. The summed E-state index contributed by atoms with van der Waals surface area (Å²) in [5.74, 6) is 0. The van der Waals surface area contributed by atoms with Crippen molar-refractivity contribution in [1.82, 2.24) is 0 Å². The van der Waals surface area contributed by atoms with Crippen LogP contribution in [-0.4, -0.2) is 31.9 Å². The first-order valence-electron chi connectivity index (χ1n) is 6.68. The van der Waals surface area contributed by atoms with Crippen LogP contribution >= 0.6 is 0 Å². The molecule has 0 atom stereocenters. The normalized spacial score (nSPS) is 16.0. The molecule has 0 aliphatic carbocycles. The number of rotatable bonds is 4. The predicted octanol–water partition coefficient (Wildman–Crippen LogP) is 2.98. The number of halogens is 3. The van der Waals surface area contributed by atoms with Gasteiger partial charge in [-0.3, -0.25) is 0 Å². The Morgan fingerprint density at radius 2 is 2.10 bits per heavy atom. The maximum Gasteiger partial charge on any atom is 0.418 e. The molecule has 0 unspecified atom stereocenters. The van der Waals surface area contributed by atoms with Gasteiger partial charge in [0.25, 0.3) is 0 Å². The number of benzene rings is 1. The molecule has 1 N–H and O–H groups in total. The van der Waals surface area contributed by atoms with Crippen LogP contribution in [0.3, 0.4) is 0 Å². The van der Waals surface area contributed by atoms with E-state index in [1.165, 1.54) is 12.1 Å². The van der Waals surface area contributed by atoms with Crippen LogP contribution < -0.4 is 4.90 Å². The third-order valence-corrected chi connectivity index (χ3v) is 3.52. The lowest BCUT2D eigenvalue weighted by Crippen LogP contribution is -2.31. The molecule has 1 aliphatic rings. The molecule has 0 amide bonds. The van der Waals surface area contributed by atoms with Crippen molar-refractivity contribution in [3.05, 3.63) is 41.0 Å². The van der Waals surface area contributed by atoms with E-state index in [2.05, 4.69) is 0 Å². The minimum absolute atomic E-state index is 0.160. The number of ether oxygens (including phenoxy) is 1. The Kier molecular flexibility index (Phi) is 4.90. The Morgan fingerprint density at radius 3 is 2.62 bits per heavy atom. The average molecular weight is 301 g/mol. The second-order valence-electron chi connectivity index (χ2n) is 5.00. The van der Waals surface area contributed by atoms with Crippen molar-refractivity contribution in [3.8, 4) is 0 Å². The summed E-state index contributed by atoms with van der Waals surface area (Å²) in [6.45, 7) is 1.07. The second-order valence-corrected chi connectivity index (χ2v) is 5.00. The molecule has 1 heterocycles. The highest BCUT2D eigenvalue weighted by Gasteiger charge is 2.35. The molecular weight excluding hydrogens is 283 g/mol. The SMILES string of the molecule is COCC1=CCN(c2ccc(CO)cc2C(F)(F)F)CC1. The summed E-state index contributed by atoms with van der Waals surface area (Å²) < 4.78 is 44.6. The monoisotopic (exact) mass is 301 g/mol. The van der Waals surface area contributed by atoms with Crippen LogP contribution in [-0.2, 0) is 17.5 Å². The van der Waals surface area contributed by atoms with E-state index in [1.807, 2.05) is 6.08 Å².